The first-order valence-corrected chi connectivity index (χ1v) is 9.85. The number of nitrogens with zero attached hydrogens (tertiary/aromatic N) is 2. The topological polar surface area (TPSA) is 89.8 Å². The van der Waals surface area contributed by atoms with Crippen LogP contribution in [0.4, 0.5) is 5.69 Å². The van der Waals surface area contributed by atoms with Gasteiger partial charge in [-0.2, -0.15) is 4.31 Å². The van der Waals surface area contributed by atoms with Crippen LogP contribution in [-0.2, 0) is 16.6 Å². The van der Waals surface area contributed by atoms with Gasteiger partial charge in [0.15, 0.2) is 0 Å². The molecular weight excluding hydrogens is 356 g/mol. The summed E-state index contributed by atoms with van der Waals surface area (Å²) in [5, 5.41) is 10.7. The van der Waals surface area contributed by atoms with Crippen LogP contribution < -0.4 is 4.74 Å². The van der Waals surface area contributed by atoms with Gasteiger partial charge in [0.2, 0.25) is 10.0 Å². The molecule has 1 heterocycles. The standard InChI is InChI=1S/C18H20N2O5S/c1-25-18-8-2-14(3-9-18)12-19-11-10-16(13-26(19,23)24)15-4-6-17(7-5-15)20(21)22/h2-9,16H,10-13H2,1H3. The van der Waals surface area contributed by atoms with Gasteiger partial charge in [0.05, 0.1) is 17.8 Å². The van der Waals surface area contributed by atoms with Crippen molar-refractivity contribution in [3.8, 4) is 5.75 Å². The van der Waals surface area contributed by atoms with Crippen LogP contribution in [-0.4, -0.2) is 37.1 Å². The maximum atomic E-state index is 12.7. The minimum atomic E-state index is -3.39. The molecular formula is C18H20N2O5S. The molecule has 2 aromatic carbocycles. The first kappa shape index (κ1) is 18.3. The van der Waals surface area contributed by atoms with E-state index in [1.165, 1.54) is 16.4 Å². The summed E-state index contributed by atoms with van der Waals surface area (Å²) in [7, 11) is -1.81. The Labute approximate surface area is 152 Å². The molecule has 0 amide bonds. The van der Waals surface area contributed by atoms with Gasteiger partial charge in [0.25, 0.3) is 5.69 Å². The smallest absolute Gasteiger partial charge is 0.269 e. The number of ether oxygens (including phenoxy) is 1. The van der Waals surface area contributed by atoms with E-state index < -0.39 is 14.9 Å². The van der Waals surface area contributed by atoms with Crippen LogP contribution in [0.25, 0.3) is 0 Å². The van der Waals surface area contributed by atoms with E-state index in [9.17, 15) is 18.5 Å². The third kappa shape index (κ3) is 4.03. The minimum Gasteiger partial charge on any atom is -0.497 e. The van der Waals surface area contributed by atoms with E-state index in [1.54, 1.807) is 19.2 Å². The van der Waals surface area contributed by atoms with E-state index in [2.05, 4.69) is 0 Å². The maximum absolute atomic E-state index is 12.7. The number of sulfonamides is 1. The Bertz CT molecular complexity index is 879. The van der Waals surface area contributed by atoms with E-state index >= 15 is 0 Å². The number of methoxy groups -OCH3 is 1. The van der Waals surface area contributed by atoms with Crippen molar-refractivity contribution in [2.24, 2.45) is 0 Å². The van der Waals surface area contributed by atoms with E-state index in [0.717, 1.165) is 16.9 Å². The summed E-state index contributed by atoms with van der Waals surface area (Å²) < 4.78 is 31.9. The summed E-state index contributed by atoms with van der Waals surface area (Å²) in [6, 6.07) is 13.5. The second kappa shape index (κ2) is 7.43. The Morgan fingerprint density at radius 1 is 1.15 bits per heavy atom. The molecule has 0 bridgehead atoms. The summed E-state index contributed by atoms with van der Waals surface area (Å²) in [5.74, 6) is 0.599. The first-order valence-electron chi connectivity index (χ1n) is 8.24. The third-order valence-electron chi connectivity index (χ3n) is 4.63. The van der Waals surface area contributed by atoms with Gasteiger partial charge in [0.1, 0.15) is 5.75 Å². The number of hydrogen-bond donors (Lipinski definition) is 0. The lowest BCUT2D eigenvalue weighted by molar-refractivity contribution is -0.384. The van der Waals surface area contributed by atoms with Crippen molar-refractivity contribution in [2.75, 3.05) is 19.4 Å². The van der Waals surface area contributed by atoms with Crippen LogP contribution in [0.1, 0.15) is 23.5 Å². The number of hydrogen-bond acceptors (Lipinski definition) is 5. The van der Waals surface area contributed by atoms with Crippen molar-refractivity contribution in [1.82, 2.24) is 4.31 Å². The highest BCUT2D eigenvalue weighted by Crippen LogP contribution is 2.30. The second-order valence-electron chi connectivity index (χ2n) is 6.29. The van der Waals surface area contributed by atoms with Crippen molar-refractivity contribution in [3.05, 3.63) is 69.8 Å². The molecule has 0 radical (unpaired) electrons. The molecule has 8 heteroatoms. The molecule has 0 saturated carbocycles. The number of nitro groups is 1. The van der Waals surface area contributed by atoms with Crippen molar-refractivity contribution in [1.29, 1.82) is 0 Å². The summed E-state index contributed by atoms with van der Waals surface area (Å²) in [6.45, 7) is 0.759. The van der Waals surface area contributed by atoms with Gasteiger partial charge in [-0.1, -0.05) is 24.3 Å². The average Bonchev–Trinajstić information content (AvgIpc) is 2.64. The summed E-state index contributed by atoms with van der Waals surface area (Å²) >= 11 is 0. The molecule has 1 fully saturated rings. The van der Waals surface area contributed by atoms with Crippen LogP contribution >= 0.6 is 0 Å². The van der Waals surface area contributed by atoms with Gasteiger partial charge in [-0.25, -0.2) is 8.42 Å². The highest BCUT2D eigenvalue weighted by molar-refractivity contribution is 7.89. The summed E-state index contributed by atoms with van der Waals surface area (Å²) in [6.07, 6.45) is 0.688. The van der Waals surface area contributed by atoms with Gasteiger partial charge in [-0.3, -0.25) is 10.1 Å². The lowest BCUT2D eigenvalue weighted by Gasteiger charge is -2.31. The fourth-order valence-electron chi connectivity index (χ4n) is 3.12. The van der Waals surface area contributed by atoms with Crippen LogP contribution in [0, 0.1) is 10.1 Å². The maximum Gasteiger partial charge on any atom is 0.269 e. The van der Waals surface area contributed by atoms with Crippen LogP contribution in [0.5, 0.6) is 5.75 Å². The highest BCUT2D eigenvalue weighted by Gasteiger charge is 2.32. The molecule has 3 rings (SSSR count). The SMILES string of the molecule is COc1ccc(CN2CCC(c3ccc([N+](=O)[O-])cc3)CS2(=O)=O)cc1. The number of rotatable bonds is 5. The van der Waals surface area contributed by atoms with Gasteiger partial charge in [-0.05, 0) is 29.7 Å². The Hall–Kier alpha value is -2.45. The Morgan fingerprint density at radius 3 is 2.35 bits per heavy atom. The van der Waals surface area contributed by atoms with E-state index in [-0.39, 0.29) is 17.4 Å². The zero-order valence-corrected chi connectivity index (χ0v) is 15.2. The molecule has 138 valence electrons. The normalized spacial score (nSPS) is 19.8. The zero-order valence-electron chi connectivity index (χ0n) is 14.4. The predicted molar refractivity (Wildman–Crippen MR) is 97.6 cm³/mol. The molecule has 1 saturated heterocycles. The van der Waals surface area contributed by atoms with Crippen LogP contribution in [0.2, 0.25) is 0 Å². The molecule has 1 atom stereocenters. The second-order valence-corrected chi connectivity index (χ2v) is 8.31. The molecule has 0 aliphatic carbocycles. The van der Waals surface area contributed by atoms with Gasteiger partial charge >= 0.3 is 0 Å². The molecule has 0 N–H and O–H groups in total. The highest BCUT2D eigenvalue weighted by atomic mass is 32.2. The van der Waals surface area contributed by atoms with Crippen molar-refractivity contribution >= 4 is 15.7 Å². The molecule has 2 aromatic rings. The molecule has 7 nitrogen and oxygen atoms in total. The summed E-state index contributed by atoms with van der Waals surface area (Å²) in [5.41, 5.74) is 1.74. The number of nitro benzene ring substituents is 1. The Kier molecular flexibility index (Phi) is 5.24. The van der Waals surface area contributed by atoms with Gasteiger partial charge < -0.3 is 4.74 Å². The van der Waals surface area contributed by atoms with Gasteiger partial charge in [-0.15, -0.1) is 0 Å². The van der Waals surface area contributed by atoms with Crippen molar-refractivity contribution in [2.45, 2.75) is 18.9 Å². The largest absolute Gasteiger partial charge is 0.497 e. The fraction of sp³-hybridized carbons (Fsp3) is 0.333. The minimum absolute atomic E-state index is 0.00792. The predicted octanol–water partition coefficient (Wildman–Crippen LogP) is 2.92. The van der Waals surface area contributed by atoms with Gasteiger partial charge in [0, 0.05) is 31.1 Å². The number of benzene rings is 2. The fourth-order valence-corrected chi connectivity index (χ4v) is 4.93. The molecule has 26 heavy (non-hydrogen) atoms. The monoisotopic (exact) mass is 376 g/mol. The molecule has 1 aliphatic rings. The lowest BCUT2D eigenvalue weighted by Crippen LogP contribution is -2.40. The molecule has 0 spiro atoms. The average molecular weight is 376 g/mol. The first-order chi connectivity index (χ1) is 12.4. The Balaban J connectivity index is 1.69. The van der Waals surface area contributed by atoms with Crippen molar-refractivity contribution in [3.63, 3.8) is 0 Å². The lowest BCUT2D eigenvalue weighted by atomic mass is 9.97. The molecule has 1 aliphatic heterocycles. The van der Waals surface area contributed by atoms with E-state index in [4.69, 9.17) is 4.74 Å². The van der Waals surface area contributed by atoms with E-state index in [1.807, 2.05) is 24.3 Å². The van der Waals surface area contributed by atoms with Crippen LogP contribution in [0.15, 0.2) is 48.5 Å². The quantitative estimate of drug-likeness (QED) is 0.591. The van der Waals surface area contributed by atoms with E-state index in [0.29, 0.717) is 19.5 Å². The molecule has 1 unspecified atom stereocenters. The Morgan fingerprint density at radius 2 is 1.81 bits per heavy atom. The van der Waals surface area contributed by atoms with Crippen LogP contribution in [0.3, 0.4) is 0 Å². The third-order valence-corrected chi connectivity index (χ3v) is 6.55. The van der Waals surface area contributed by atoms with Crippen molar-refractivity contribution < 1.29 is 18.1 Å². The number of non-ortho nitro benzene ring substituents is 1. The molecule has 0 aromatic heterocycles. The zero-order chi connectivity index (χ0) is 18.7. The summed E-state index contributed by atoms with van der Waals surface area (Å²) in [4.78, 5) is 10.3.